The van der Waals surface area contributed by atoms with E-state index in [-0.39, 0.29) is 0 Å². The average molecular weight is 240 g/mol. The minimum atomic E-state index is 0.370. The zero-order valence-corrected chi connectivity index (χ0v) is 12.6. The van der Waals surface area contributed by atoms with E-state index in [1.165, 1.54) is 45.3 Å². The molecule has 17 heavy (non-hydrogen) atoms. The van der Waals surface area contributed by atoms with Crippen molar-refractivity contribution in [2.45, 2.75) is 72.4 Å². The predicted octanol–water partition coefficient (Wildman–Crippen LogP) is 3.28. The molecule has 0 radical (unpaired) electrons. The lowest BCUT2D eigenvalue weighted by Crippen LogP contribution is -2.44. The Morgan fingerprint density at radius 2 is 1.94 bits per heavy atom. The average Bonchev–Trinajstić information content (AvgIpc) is 2.43. The van der Waals surface area contributed by atoms with E-state index in [0.717, 1.165) is 6.04 Å². The fourth-order valence-electron chi connectivity index (χ4n) is 2.47. The van der Waals surface area contributed by atoms with Crippen LogP contribution in [0, 0.1) is 5.41 Å². The maximum absolute atomic E-state index is 3.83. The van der Waals surface area contributed by atoms with Gasteiger partial charge >= 0.3 is 0 Å². The van der Waals surface area contributed by atoms with E-state index in [0.29, 0.717) is 11.5 Å². The van der Waals surface area contributed by atoms with Crippen LogP contribution in [-0.2, 0) is 0 Å². The summed E-state index contributed by atoms with van der Waals surface area (Å²) < 4.78 is 0. The molecule has 0 aromatic rings. The predicted molar refractivity (Wildman–Crippen MR) is 76.4 cm³/mol. The molecule has 0 aromatic heterocycles. The first-order valence-electron chi connectivity index (χ1n) is 7.42. The number of likely N-dealkylation sites (tertiary alicyclic amines) is 1. The summed E-state index contributed by atoms with van der Waals surface area (Å²) in [4.78, 5) is 2.63. The van der Waals surface area contributed by atoms with E-state index >= 15 is 0 Å². The van der Waals surface area contributed by atoms with E-state index in [1.807, 2.05) is 0 Å². The van der Waals surface area contributed by atoms with E-state index in [2.05, 4.69) is 44.8 Å². The van der Waals surface area contributed by atoms with Crippen LogP contribution in [0.4, 0.5) is 0 Å². The van der Waals surface area contributed by atoms with Crippen molar-refractivity contribution in [3.63, 3.8) is 0 Å². The number of hydrogen-bond acceptors (Lipinski definition) is 2. The lowest BCUT2D eigenvalue weighted by molar-refractivity contribution is 0.247. The van der Waals surface area contributed by atoms with Crippen LogP contribution in [0.15, 0.2) is 0 Å². The highest BCUT2D eigenvalue weighted by Crippen LogP contribution is 2.21. The topological polar surface area (TPSA) is 15.3 Å². The zero-order valence-electron chi connectivity index (χ0n) is 12.6. The molecule has 2 nitrogen and oxygen atoms in total. The Morgan fingerprint density at radius 3 is 2.53 bits per heavy atom. The maximum Gasteiger partial charge on any atom is 0.00898 e. The Hall–Kier alpha value is -0.0800. The van der Waals surface area contributed by atoms with Crippen LogP contribution >= 0.6 is 0 Å². The summed E-state index contributed by atoms with van der Waals surface area (Å²) in [5, 5.41) is 3.83. The molecule has 1 fully saturated rings. The summed E-state index contributed by atoms with van der Waals surface area (Å²) in [6.07, 6.45) is 5.31. The molecule has 0 bridgehead atoms. The molecule has 2 atom stereocenters. The van der Waals surface area contributed by atoms with Gasteiger partial charge in [-0.05, 0) is 57.7 Å². The van der Waals surface area contributed by atoms with Crippen LogP contribution in [0.3, 0.4) is 0 Å². The fraction of sp³-hybridized carbons (Fsp3) is 1.00. The molecule has 0 amide bonds. The van der Waals surface area contributed by atoms with Crippen molar-refractivity contribution < 1.29 is 0 Å². The molecule has 1 heterocycles. The van der Waals surface area contributed by atoms with Gasteiger partial charge in [-0.15, -0.1) is 0 Å². The molecule has 0 aromatic carbocycles. The molecular formula is C15H32N2. The normalized spacial score (nSPS) is 25.6. The summed E-state index contributed by atoms with van der Waals surface area (Å²) in [6, 6.07) is 1.33. The van der Waals surface area contributed by atoms with Gasteiger partial charge in [-0.2, -0.15) is 0 Å². The summed E-state index contributed by atoms with van der Waals surface area (Å²) in [5.41, 5.74) is 0.370. The molecule has 102 valence electrons. The van der Waals surface area contributed by atoms with Crippen LogP contribution in [0.25, 0.3) is 0 Å². The molecule has 1 aliphatic heterocycles. The lowest BCUT2D eigenvalue weighted by atomic mass is 9.87. The highest BCUT2D eigenvalue weighted by Gasteiger charge is 2.24. The maximum atomic E-state index is 3.83. The number of hydrogen-bond donors (Lipinski definition) is 1. The molecule has 0 aliphatic carbocycles. The van der Waals surface area contributed by atoms with Crippen molar-refractivity contribution >= 4 is 0 Å². The molecule has 2 unspecified atom stereocenters. The van der Waals surface area contributed by atoms with Gasteiger partial charge in [0.25, 0.3) is 0 Å². The summed E-state index contributed by atoms with van der Waals surface area (Å²) in [6.45, 7) is 15.4. The fourth-order valence-corrected chi connectivity index (χ4v) is 2.47. The quantitative estimate of drug-likeness (QED) is 0.811. The van der Waals surface area contributed by atoms with Crippen molar-refractivity contribution in [2.24, 2.45) is 5.41 Å². The highest BCUT2D eigenvalue weighted by molar-refractivity contribution is 4.82. The summed E-state index contributed by atoms with van der Waals surface area (Å²) in [5.74, 6) is 0. The molecule has 2 heteroatoms. The molecule has 0 spiro atoms. The van der Waals surface area contributed by atoms with Crippen molar-refractivity contribution in [3.05, 3.63) is 0 Å². The first-order valence-corrected chi connectivity index (χ1v) is 7.42. The van der Waals surface area contributed by atoms with Crippen molar-refractivity contribution in [1.82, 2.24) is 10.2 Å². The van der Waals surface area contributed by atoms with Crippen molar-refractivity contribution in [2.75, 3.05) is 19.6 Å². The van der Waals surface area contributed by atoms with Crippen LogP contribution in [0.5, 0.6) is 0 Å². The minimum Gasteiger partial charge on any atom is -0.311 e. The van der Waals surface area contributed by atoms with Gasteiger partial charge in [-0.25, -0.2) is 0 Å². The smallest absolute Gasteiger partial charge is 0.00898 e. The standard InChI is InChI=1S/C15H32N2/c1-6-10-17-11-7-8-14(9-12-17)16-13(2)15(3,4)5/h13-14,16H,6-12H2,1-5H3. The number of nitrogens with zero attached hydrogens (tertiary/aromatic N) is 1. The van der Waals surface area contributed by atoms with Crippen LogP contribution in [-0.4, -0.2) is 36.6 Å². The Kier molecular flexibility index (Phi) is 5.94. The van der Waals surface area contributed by atoms with Gasteiger partial charge in [0.1, 0.15) is 0 Å². The largest absolute Gasteiger partial charge is 0.311 e. The Bertz CT molecular complexity index is 207. The van der Waals surface area contributed by atoms with Crippen LogP contribution in [0.1, 0.15) is 60.3 Å². The van der Waals surface area contributed by atoms with Crippen LogP contribution in [0.2, 0.25) is 0 Å². The molecule has 1 aliphatic rings. The summed E-state index contributed by atoms with van der Waals surface area (Å²) in [7, 11) is 0. The molecule has 1 rings (SSSR count). The second-order valence-corrected chi connectivity index (χ2v) is 6.72. The van der Waals surface area contributed by atoms with Gasteiger partial charge in [0.15, 0.2) is 0 Å². The molecule has 0 saturated carbocycles. The van der Waals surface area contributed by atoms with E-state index < -0.39 is 0 Å². The number of nitrogens with one attached hydrogen (secondary N) is 1. The van der Waals surface area contributed by atoms with Gasteiger partial charge in [-0.1, -0.05) is 27.7 Å². The summed E-state index contributed by atoms with van der Waals surface area (Å²) >= 11 is 0. The second kappa shape index (κ2) is 6.75. The Morgan fingerprint density at radius 1 is 1.24 bits per heavy atom. The minimum absolute atomic E-state index is 0.370. The second-order valence-electron chi connectivity index (χ2n) is 6.72. The first-order chi connectivity index (χ1) is 7.93. The zero-order chi connectivity index (χ0) is 12.9. The third-order valence-corrected chi connectivity index (χ3v) is 4.15. The Balaban J connectivity index is 2.36. The molecular weight excluding hydrogens is 208 g/mol. The first kappa shape index (κ1) is 15.0. The SMILES string of the molecule is CCCN1CCCC(NC(C)C(C)(C)C)CC1. The highest BCUT2D eigenvalue weighted by atomic mass is 15.1. The van der Waals surface area contributed by atoms with Crippen LogP contribution < -0.4 is 5.32 Å². The van der Waals surface area contributed by atoms with Gasteiger partial charge in [-0.3, -0.25) is 0 Å². The van der Waals surface area contributed by atoms with Gasteiger partial charge in [0, 0.05) is 12.1 Å². The van der Waals surface area contributed by atoms with E-state index in [9.17, 15) is 0 Å². The van der Waals surface area contributed by atoms with Gasteiger partial charge < -0.3 is 10.2 Å². The Labute approximate surface area is 108 Å². The third-order valence-electron chi connectivity index (χ3n) is 4.15. The number of rotatable bonds is 4. The van der Waals surface area contributed by atoms with E-state index in [4.69, 9.17) is 0 Å². The van der Waals surface area contributed by atoms with Crippen molar-refractivity contribution in [1.29, 1.82) is 0 Å². The third kappa shape index (κ3) is 5.39. The lowest BCUT2D eigenvalue weighted by Gasteiger charge is -2.32. The van der Waals surface area contributed by atoms with Gasteiger partial charge in [0.2, 0.25) is 0 Å². The van der Waals surface area contributed by atoms with E-state index in [1.54, 1.807) is 0 Å². The molecule has 1 N–H and O–H groups in total. The monoisotopic (exact) mass is 240 g/mol. The molecule has 1 saturated heterocycles. The van der Waals surface area contributed by atoms with Gasteiger partial charge in [0.05, 0.1) is 0 Å². The van der Waals surface area contributed by atoms with Crippen molar-refractivity contribution in [3.8, 4) is 0 Å².